The van der Waals surface area contributed by atoms with Crippen molar-refractivity contribution in [2.24, 2.45) is 0 Å². The third kappa shape index (κ3) is 3.42. The molecule has 0 fully saturated rings. The van der Waals surface area contributed by atoms with Crippen LogP contribution < -0.4 is 10.6 Å². The van der Waals surface area contributed by atoms with Crippen molar-refractivity contribution in [2.75, 3.05) is 10.6 Å². The Hall–Kier alpha value is -4.07. The van der Waals surface area contributed by atoms with Gasteiger partial charge >= 0.3 is 12.2 Å². The quantitative estimate of drug-likeness (QED) is 0.340. The van der Waals surface area contributed by atoms with Gasteiger partial charge < -0.3 is 10.2 Å². The summed E-state index contributed by atoms with van der Waals surface area (Å²) in [4.78, 5) is 10.6. The van der Waals surface area contributed by atoms with E-state index in [1.807, 2.05) is 24.3 Å². The highest BCUT2D eigenvalue weighted by Gasteiger charge is 2.30. The van der Waals surface area contributed by atoms with Crippen molar-refractivity contribution in [3.05, 3.63) is 84.6 Å². The molecule has 0 aliphatic rings. The molecule has 31 heavy (non-hydrogen) atoms. The molecule has 5 aromatic rings. The topological polar surface area (TPSA) is 68.2 Å². The summed E-state index contributed by atoms with van der Waals surface area (Å²) in [5.41, 5.74) is 8.58. The van der Waals surface area contributed by atoms with E-state index in [0.29, 0.717) is 28.2 Å². The average Bonchev–Trinajstić information content (AvgIpc) is 3.16. The van der Waals surface area contributed by atoms with E-state index in [2.05, 4.69) is 9.97 Å². The molecule has 0 amide bonds. The highest BCUT2D eigenvalue weighted by Crippen LogP contribution is 2.40. The molecule has 8 heteroatoms. The monoisotopic (exact) mass is 420 g/mol. The first-order chi connectivity index (χ1) is 14.9. The van der Waals surface area contributed by atoms with Gasteiger partial charge in [-0.2, -0.15) is 18.2 Å². The van der Waals surface area contributed by atoms with Gasteiger partial charge in [-0.05, 0) is 54.6 Å². The number of nitrogen functional groups attached to an aromatic ring is 1. The minimum absolute atomic E-state index is 0.205. The predicted octanol–water partition coefficient (Wildman–Crippen LogP) is 6.45. The number of pyridine rings is 1. The number of para-hydroxylation sites is 1. The Labute approximate surface area is 174 Å². The van der Waals surface area contributed by atoms with Gasteiger partial charge in [0.1, 0.15) is 5.52 Å². The van der Waals surface area contributed by atoms with Crippen molar-refractivity contribution in [2.45, 2.75) is 6.18 Å². The number of alkyl halides is 3. The van der Waals surface area contributed by atoms with Crippen molar-refractivity contribution in [1.82, 2.24) is 9.97 Å². The second-order valence-corrected chi connectivity index (χ2v) is 6.95. The van der Waals surface area contributed by atoms with Gasteiger partial charge in [0.15, 0.2) is 5.58 Å². The van der Waals surface area contributed by atoms with Crippen LogP contribution in [0.15, 0.2) is 83.4 Å². The Balaban J connectivity index is 1.73. The number of nitrogens with zero attached hydrogens (tertiary/aromatic N) is 3. The Kier molecular flexibility index (Phi) is 4.28. The number of hydrogen-bond acceptors (Lipinski definition) is 5. The molecule has 5 rings (SSSR count). The molecule has 0 unspecified atom stereocenters. The van der Waals surface area contributed by atoms with Gasteiger partial charge in [-0.3, -0.25) is 9.88 Å². The maximum Gasteiger partial charge on any atom is 0.416 e. The molecule has 5 nitrogen and oxygen atoms in total. The van der Waals surface area contributed by atoms with E-state index in [9.17, 15) is 13.2 Å². The van der Waals surface area contributed by atoms with Crippen LogP contribution in [0.25, 0.3) is 22.0 Å². The summed E-state index contributed by atoms with van der Waals surface area (Å²) in [5.74, 6) is 0. The van der Waals surface area contributed by atoms with Crippen LogP contribution in [0.1, 0.15) is 5.56 Å². The number of halogens is 3. The summed E-state index contributed by atoms with van der Waals surface area (Å²) in [6.45, 7) is 0. The standard InChI is InChI=1S/C23H15F3N4O/c24-23(25,26)14-5-8-16(9-6-14)30(20-11-12-28-18-4-2-1-3-17(18)20)22-29-19-13-15(27)7-10-21(19)31-22/h1-13H,27H2. The molecule has 2 heterocycles. The van der Waals surface area contributed by atoms with Crippen LogP contribution in [0.5, 0.6) is 0 Å². The Morgan fingerprint density at radius 2 is 1.65 bits per heavy atom. The first-order valence-corrected chi connectivity index (χ1v) is 9.37. The van der Waals surface area contributed by atoms with Crippen LogP contribution in [0.3, 0.4) is 0 Å². The van der Waals surface area contributed by atoms with Crippen LogP contribution in [-0.2, 0) is 6.18 Å². The number of rotatable bonds is 3. The normalized spacial score (nSPS) is 11.8. The Morgan fingerprint density at radius 1 is 0.871 bits per heavy atom. The molecule has 2 aromatic heterocycles. The Morgan fingerprint density at radius 3 is 2.42 bits per heavy atom. The third-order valence-corrected chi connectivity index (χ3v) is 4.91. The number of aromatic nitrogens is 2. The van der Waals surface area contributed by atoms with E-state index in [0.717, 1.165) is 23.0 Å². The molecule has 0 saturated heterocycles. The smallest absolute Gasteiger partial charge is 0.416 e. The molecule has 154 valence electrons. The predicted molar refractivity (Wildman–Crippen MR) is 113 cm³/mol. The summed E-state index contributed by atoms with van der Waals surface area (Å²) in [6.07, 6.45) is -2.79. The zero-order chi connectivity index (χ0) is 21.6. The van der Waals surface area contributed by atoms with Crippen molar-refractivity contribution in [3.8, 4) is 0 Å². The van der Waals surface area contributed by atoms with Gasteiger partial charge in [0.05, 0.1) is 22.5 Å². The van der Waals surface area contributed by atoms with Crippen LogP contribution in [0, 0.1) is 0 Å². The molecule has 3 aromatic carbocycles. The lowest BCUT2D eigenvalue weighted by molar-refractivity contribution is -0.137. The maximum atomic E-state index is 13.1. The van der Waals surface area contributed by atoms with Gasteiger partial charge in [0.25, 0.3) is 0 Å². The molecular weight excluding hydrogens is 405 g/mol. The molecule has 0 spiro atoms. The van der Waals surface area contributed by atoms with E-state index in [1.54, 1.807) is 35.4 Å². The second-order valence-electron chi connectivity index (χ2n) is 6.95. The Bertz CT molecular complexity index is 1390. The SMILES string of the molecule is Nc1ccc2oc(N(c3ccc(C(F)(F)F)cc3)c3ccnc4ccccc34)nc2c1. The van der Waals surface area contributed by atoms with Gasteiger partial charge in [0, 0.05) is 17.3 Å². The van der Waals surface area contributed by atoms with Crippen molar-refractivity contribution in [1.29, 1.82) is 0 Å². The highest BCUT2D eigenvalue weighted by molar-refractivity contribution is 5.96. The van der Waals surface area contributed by atoms with Crippen LogP contribution in [0.2, 0.25) is 0 Å². The second kappa shape index (κ2) is 7.02. The number of anilines is 4. The zero-order valence-corrected chi connectivity index (χ0v) is 16.0. The van der Waals surface area contributed by atoms with Gasteiger partial charge in [-0.15, -0.1) is 0 Å². The molecule has 0 aliphatic carbocycles. The summed E-state index contributed by atoms with van der Waals surface area (Å²) in [7, 11) is 0. The maximum absolute atomic E-state index is 13.1. The van der Waals surface area contributed by atoms with E-state index in [4.69, 9.17) is 10.2 Å². The minimum atomic E-state index is -4.43. The van der Waals surface area contributed by atoms with Crippen LogP contribution in [0.4, 0.5) is 36.2 Å². The molecule has 2 N–H and O–H groups in total. The molecule has 0 atom stereocenters. The van der Waals surface area contributed by atoms with Gasteiger partial charge in [0.2, 0.25) is 0 Å². The lowest BCUT2D eigenvalue weighted by atomic mass is 10.1. The van der Waals surface area contributed by atoms with Crippen LogP contribution >= 0.6 is 0 Å². The lowest BCUT2D eigenvalue weighted by Gasteiger charge is -2.22. The third-order valence-electron chi connectivity index (χ3n) is 4.91. The molecular formula is C23H15F3N4O. The number of benzene rings is 3. The van der Waals surface area contributed by atoms with E-state index in [1.165, 1.54) is 12.1 Å². The van der Waals surface area contributed by atoms with Gasteiger partial charge in [-0.25, -0.2) is 0 Å². The number of hydrogen-bond donors (Lipinski definition) is 1. The average molecular weight is 420 g/mol. The van der Waals surface area contributed by atoms with Crippen molar-refractivity contribution < 1.29 is 17.6 Å². The fourth-order valence-corrected chi connectivity index (χ4v) is 3.46. The summed E-state index contributed by atoms with van der Waals surface area (Å²) in [6, 6.07) is 19.4. The highest BCUT2D eigenvalue weighted by atomic mass is 19.4. The number of nitrogens with two attached hydrogens (primary N) is 1. The fraction of sp³-hybridized carbons (Fsp3) is 0.0435. The first kappa shape index (κ1) is 18.9. The lowest BCUT2D eigenvalue weighted by Crippen LogP contribution is -2.12. The zero-order valence-electron chi connectivity index (χ0n) is 16.0. The van der Waals surface area contributed by atoms with Crippen LogP contribution in [-0.4, -0.2) is 9.97 Å². The van der Waals surface area contributed by atoms with E-state index >= 15 is 0 Å². The van der Waals surface area contributed by atoms with E-state index in [-0.39, 0.29) is 6.01 Å². The summed E-state index contributed by atoms with van der Waals surface area (Å²) < 4.78 is 45.2. The first-order valence-electron chi connectivity index (χ1n) is 9.37. The van der Waals surface area contributed by atoms with Crippen molar-refractivity contribution in [3.63, 3.8) is 0 Å². The van der Waals surface area contributed by atoms with E-state index < -0.39 is 11.7 Å². The number of oxazole rings is 1. The molecule has 0 bridgehead atoms. The molecule has 0 saturated carbocycles. The molecule has 0 aliphatic heterocycles. The minimum Gasteiger partial charge on any atom is -0.423 e. The summed E-state index contributed by atoms with van der Waals surface area (Å²) >= 11 is 0. The largest absolute Gasteiger partial charge is 0.423 e. The summed E-state index contributed by atoms with van der Waals surface area (Å²) in [5, 5.41) is 0.798. The molecule has 0 radical (unpaired) electrons. The van der Waals surface area contributed by atoms with Gasteiger partial charge in [-0.1, -0.05) is 18.2 Å². The number of fused-ring (bicyclic) bond motifs is 2. The van der Waals surface area contributed by atoms with Crippen molar-refractivity contribution >= 4 is 45.1 Å². The fourth-order valence-electron chi connectivity index (χ4n) is 3.46.